The Labute approximate surface area is 72.5 Å². The van der Waals surface area contributed by atoms with Crippen molar-refractivity contribution in [2.45, 2.75) is 31.9 Å². The van der Waals surface area contributed by atoms with E-state index in [1.165, 1.54) is 0 Å². The molecule has 0 unspecified atom stereocenters. The van der Waals surface area contributed by atoms with E-state index in [1.807, 2.05) is 6.92 Å². The summed E-state index contributed by atoms with van der Waals surface area (Å²) in [6.45, 7) is 3.04. The van der Waals surface area contributed by atoms with Crippen LogP contribution in [0.15, 0.2) is 0 Å². The summed E-state index contributed by atoms with van der Waals surface area (Å²) in [6.07, 6.45) is 2.39. The van der Waals surface area contributed by atoms with Gasteiger partial charge in [-0.15, -0.1) is 0 Å². The Bertz CT molecular complexity index is 155. The minimum absolute atomic E-state index is 0.281. The Morgan fingerprint density at radius 1 is 1.67 bits per heavy atom. The molecule has 1 rings (SSSR count). The maximum atomic E-state index is 10.4. The van der Waals surface area contributed by atoms with E-state index in [1.54, 1.807) is 0 Å². The van der Waals surface area contributed by atoms with E-state index in [-0.39, 0.29) is 12.5 Å². The second kappa shape index (κ2) is 4.42. The first-order valence-electron chi connectivity index (χ1n) is 4.35. The zero-order chi connectivity index (χ0) is 8.97. The zero-order valence-electron chi connectivity index (χ0n) is 7.38. The smallest absolute Gasteiger partial charge is 0.231 e. The molecular formula is C8H16N2O2. The molecule has 3 N–H and O–H groups in total. The number of ether oxygens (including phenoxy) is 1. The largest absolute Gasteiger partial charge is 0.378 e. The molecule has 0 saturated heterocycles. The minimum atomic E-state index is -0.296. The monoisotopic (exact) mass is 172 g/mol. The fourth-order valence-corrected chi connectivity index (χ4v) is 1.35. The van der Waals surface area contributed by atoms with Gasteiger partial charge in [-0.05, 0) is 19.8 Å². The van der Waals surface area contributed by atoms with Gasteiger partial charge in [-0.1, -0.05) is 0 Å². The zero-order valence-corrected chi connectivity index (χ0v) is 7.38. The van der Waals surface area contributed by atoms with Gasteiger partial charge in [0.2, 0.25) is 5.91 Å². The molecule has 1 fully saturated rings. The van der Waals surface area contributed by atoms with E-state index in [0.717, 1.165) is 19.4 Å². The van der Waals surface area contributed by atoms with Gasteiger partial charge in [-0.25, -0.2) is 0 Å². The fraction of sp³-hybridized carbons (Fsp3) is 0.875. The van der Waals surface area contributed by atoms with Crippen LogP contribution in [-0.4, -0.2) is 31.2 Å². The Hall–Kier alpha value is -0.610. The number of nitrogens with two attached hydrogens (primary N) is 1. The van der Waals surface area contributed by atoms with E-state index in [0.29, 0.717) is 12.1 Å². The van der Waals surface area contributed by atoms with E-state index >= 15 is 0 Å². The average molecular weight is 172 g/mol. The molecule has 1 amide bonds. The van der Waals surface area contributed by atoms with Gasteiger partial charge in [-0.2, -0.15) is 0 Å². The Morgan fingerprint density at radius 2 is 2.33 bits per heavy atom. The van der Waals surface area contributed by atoms with Gasteiger partial charge in [0, 0.05) is 12.6 Å². The van der Waals surface area contributed by atoms with Crippen LogP contribution >= 0.6 is 0 Å². The van der Waals surface area contributed by atoms with Crippen molar-refractivity contribution in [3.8, 4) is 0 Å². The number of nitrogens with one attached hydrogen (secondary N) is 1. The molecule has 1 saturated carbocycles. The minimum Gasteiger partial charge on any atom is -0.378 e. The number of rotatable bonds is 5. The quantitative estimate of drug-likeness (QED) is 0.594. The summed E-state index contributed by atoms with van der Waals surface area (Å²) in [4.78, 5) is 10.4. The van der Waals surface area contributed by atoms with Crippen LogP contribution in [0.2, 0.25) is 0 Å². The first-order valence-corrected chi connectivity index (χ1v) is 4.35. The van der Waals surface area contributed by atoms with Gasteiger partial charge in [0.05, 0.1) is 12.6 Å². The van der Waals surface area contributed by atoms with Crippen molar-refractivity contribution in [3.05, 3.63) is 0 Å². The number of hydrogen-bond donors (Lipinski definition) is 2. The van der Waals surface area contributed by atoms with Crippen molar-refractivity contribution in [3.63, 3.8) is 0 Å². The van der Waals surface area contributed by atoms with Crippen LogP contribution in [0.25, 0.3) is 0 Å². The molecule has 12 heavy (non-hydrogen) atoms. The van der Waals surface area contributed by atoms with Crippen LogP contribution < -0.4 is 11.1 Å². The third-order valence-electron chi connectivity index (χ3n) is 2.06. The summed E-state index contributed by atoms with van der Waals surface area (Å²) in [5.74, 6) is -0.296. The predicted molar refractivity (Wildman–Crippen MR) is 45.6 cm³/mol. The second-order valence-electron chi connectivity index (χ2n) is 3.09. The van der Waals surface area contributed by atoms with Crippen molar-refractivity contribution in [1.82, 2.24) is 5.32 Å². The maximum Gasteiger partial charge on any atom is 0.231 e. The summed E-state index contributed by atoms with van der Waals surface area (Å²) in [7, 11) is 0. The molecule has 4 heteroatoms. The van der Waals surface area contributed by atoms with Gasteiger partial charge in [0.1, 0.15) is 0 Å². The van der Waals surface area contributed by atoms with Crippen LogP contribution in [0.1, 0.15) is 19.8 Å². The van der Waals surface area contributed by atoms with Crippen molar-refractivity contribution < 1.29 is 9.53 Å². The molecule has 0 radical (unpaired) electrons. The SMILES string of the molecule is CCOC1CC(NCC(N)=O)C1. The second-order valence-corrected chi connectivity index (χ2v) is 3.09. The molecule has 4 nitrogen and oxygen atoms in total. The number of hydrogen-bond acceptors (Lipinski definition) is 3. The van der Waals surface area contributed by atoms with Crippen LogP contribution in [0.5, 0.6) is 0 Å². The first kappa shape index (κ1) is 9.48. The number of carbonyl (C=O) groups excluding carboxylic acids is 1. The number of primary amides is 1. The Kier molecular flexibility index (Phi) is 3.49. The standard InChI is InChI=1S/C8H16N2O2/c1-2-12-7-3-6(4-7)10-5-8(9)11/h6-7,10H,2-5H2,1H3,(H2,9,11). The summed E-state index contributed by atoms with van der Waals surface area (Å²) in [5.41, 5.74) is 4.98. The molecule has 0 aromatic carbocycles. The summed E-state index contributed by atoms with van der Waals surface area (Å²) in [6, 6.07) is 0.425. The van der Waals surface area contributed by atoms with Crippen molar-refractivity contribution in [2.24, 2.45) is 5.73 Å². The maximum absolute atomic E-state index is 10.4. The van der Waals surface area contributed by atoms with E-state index in [9.17, 15) is 4.79 Å². The molecule has 0 aliphatic heterocycles. The number of carbonyl (C=O) groups is 1. The highest BCUT2D eigenvalue weighted by Crippen LogP contribution is 2.22. The van der Waals surface area contributed by atoms with Gasteiger partial charge < -0.3 is 15.8 Å². The summed E-state index contributed by atoms with van der Waals surface area (Å²) >= 11 is 0. The van der Waals surface area contributed by atoms with Crippen LogP contribution in [0.4, 0.5) is 0 Å². The van der Waals surface area contributed by atoms with E-state index < -0.39 is 0 Å². The lowest BCUT2D eigenvalue weighted by Gasteiger charge is -2.35. The molecule has 0 aromatic heterocycles. The highest BCUT2D eigenvalue weighted by atomic mass is 16.5. The predicted octanol–water partition coefficient (Wildman–Crippen LogP) is -0.371. The van der Waals surface area contributed by atoms with Gasteiger partial charge in [-0.3, -0.25) is 4.79 Å². The molecule has 1 aliphatic carbocycles. The van der Waals surface area contributed by atoms with Crippen molar-refractivity contribution in [1.29, 1.82) is 0 Å². The third kappa shape index (κ3) is 2.79. The Balaban J connectivity index is 1.98. The molecule has 0 aromatic rings. The molecule has 1 aliphatic rings. The highest BCUT2D eigenvalue weighted by molar-refractivity contribution is 5.75. The topological polar surface area (TPSA) is 64.3 Å². The van der Waals surface area contributed by atoms with E-state index in [2.05, 4.69) is 5.32 Å². The Morgan fingerprint density at radius 3 is 2.83 bits per heavy atom. The van der Waals surface area contributed by atoms with Crippen molar-refractivity contribution in [2.75, 3.05) is 13.2 Å². The third-order valence-corrected chi connectivity index (χ3v) is 2.06. The van der Waals surface area contributed by atoms with Gasteiger partial charge in [0.25, 0.3) is 0 Å². The highest BCUT2D eigenvalue weighted by Gasteiger charge is 2.28. The molecular weight excluding hydrogens is 156 g/mol. The first-order chi connectivity index (χ1) is 5.72. The van der Waals surface area contributed by atoms with Crippen LogP contribution in [0, 0.1) is 0 Å². The van der Waals surface area contributed by atoms with Crippen molar-refractivity contribution >= 4 is 5.91 Å². The lowest BCUT2D eigenvalue weighted by atomic mass is 9.89. The summed E-state index contributed by atoms with van der Waals surface area (Å²) < 4.78 is 5.36. The molecule has 70 valence electrons. The van der Waals surface area contributed by atoms with E-state index in [4.69, 9.17) is 10.5 Å². The molecule has 0 spiro atoms. The molecule has 0 bridgehead atoms. The molecule has 0 heterocycles. The van der Waals surface area contributed by atoms with Crippen LogP contribution in [-0.2, 0) is 9.53 Å². The fourth-order valence-electron chi connectivity index (χ4n) is 1.35. The normalized spacial score (nSPS) is 28.1. The number of amides is 1. The average Bonchev–Trinajstić information content (AvgIpc) is 1.93. The summed E-state index contributed by atoms with van der Waals surface area (Å²) in [5, 5.41) is 3.05. The lowest BCUT2D eigenvalue weighted by molar-refractivity contribution is -0.117. The molecule has 0 atom stereocenters. The lowest BCUT2D eigenvalue weighted by Crippen LogP contribution is -2.47. The van der Waals surface area contributed by atoms with Gasteiger partial charge >= 0.3 is 0 Å². The van der Waals surface area contributed by atoms with Crippen LogP contribution in [0.3, 0.4) is 0 Å². The van der Waals surface area contributed by atoms with Gasteiger partial charge in [0.15, 0.2) is 0 Å².